The highest BCUT2D eigenvalue weighted by atomic mass is 16.1. The van der Waals surface area contributed by atoms with Gasteiger partial charge in [0.25, 0.3) is 5.56 Å². The van der Waals surface area contributed by atoms with Gasteiger partial charge in [-0.05, 0) is 0 Å². The van der Waals surface area contributed by atoms with Crippen LogP contribution in [-0.4, -0.2) is 15.0 Å². The van der Waals surface area contributed by atoms with Crippen molar-refractivity contribution in [3.63, 3.8) is 0 Å². The number of aromatic nitrogens is 3. The van der Waals surface area contributed by atoms with E-state index in [1.807, 2.05) is 41.5 Å². The van der Waals surface area contributed by atoms with Gasteiger partial charge < -0.3 is 15.7 Å². The molecule has 5 nitrogen and oxygen atoms in total. The van der Waals surface area contributed by atoms with Gasteiger partial charge in [0.2, 0.25) is 0 Å². The molecule has 0 atom stereocenters. The Labute approximate surface area is 109 Å². The largest absolute Gasteiger partial charge is 0.355 e. The maximum atomic E-state index is 11.1. The molecule has 0 aliphatic carbocycles. The van der Waals surface area contributed by atoms with Gasteiger partial charge in [0.1, 0.15) is 5.52 Å². The smallest absolute Gasteiger partial charge is 0.275 e. The molecule has 2 rings (SSSR count). The van der Waals surface area contributed by atoms with Gasteiger partial charge in [0.15, 0.2) is 0 Å². The molecule has 0 aliphatic rings. The van der Waals surface area contributed by atoms with Crippen molar-refractivity contribution in [2.45, 2.75) is 48.1 Å². The van der Waals surface area contributed by atoms with Crippen LogP contribution in [0.2, 0.25) is 0 Å². The van der Waals surface area contributed by atoms with E-state index in [1.54, 1.807) is 6.20 Å². The van der Waals surface area contributed by atoms with Gasteiger partial charge in [0.05, 0.1) is 11.8 Å². The minimum Gasteiger partial charge on any atom is -0.355 e. The van der Waals surface area contributed by atoms with Gasteiger partial charge >= 0.3 is 0 Å². The van der Waals surface area contributed by atoms with Crippen LogP contribution in [0.1, 0.15) is 47.1 Å². The van der Waals surface area contributed by atoms with Crippen LogP contribution in [0.3, 0.4) is 0 Å². The van der Waals surface area contributed by atoms with Crippen molar-refractivity contribution in [1.29, 1.82) is 0 Å². The van der Waals surface area contributed by atoms with E-state index >= 15 is 0 Å². The van der Waals surface area contributed by atoms with Crippen molar-refractivity contribution in [2.75, 3.05) is 0 Å². The number of nitrogens with two attached hydrogens (primary N) is 1. The fraction of sp³-hybridized carbons (Fsp3) is 0.538. The molecule has 0 amide bonds. The van der Waals surface area contributed by atoms with Crippen LogP contribution in [0.15, 0.2) is 17.3 Å². The van der Waals surface area contributed by atoms with Crippen LogP contribution < -0.4 is 11.3 Å². The average Bonchev–Trinajstić information content (AvgIpc) is 2.90. The highest BCUT2D eigenvalue weighted by Crippen LogP contribution is 2.09. The number of H-pyrrole nitrogens is 2. The number of aromatic amines is 2. The van der Waals surface area contributed by atoms with Crippen molar-refractivity contribution in [3.8, 4) is 0 Å². The fourth-order valence-corrected chi connectivity index (χ4v) is 1.16. The first-order chi connectivity index (χ1) is 8.83. The van der Waals surface area contributed by atoms with E-state index in [0.717, 1.165) is 5.56 Å². The molecule has 0 aromatic carbocycles. The molecule has 0 aliphatic heterocycles. The zero-order valence-corrected chi connectivity index (χ0v) is 12.3. The summed E-state index contributed by atoms with van der Waals surface area (Å²) in [6.45, 7) is 12.4. The molecule has 2 aromatic heterocycles. The van der Waals surface area contributed by atoms with E-state index in [4.69, 9.17) is 5.73 Å². The van der Waals surface area contributed by atoms with Crippen LogP contribution in [-0.2, 0) is 6.54 Å². The number of rotatable bonds is 1. The number of nitrogens with zero attached hydrogens (tertiary/aromatic N) is 1. The lowest BCUT2D eigenvalue weighted by Gasteiger charge is -1.89. The van der Waals surface area contributed by atoms with Gasteiger partial charge in [-0.2, -0.15) is 0 Å². The Bertz CT molecular complexity index is 459. The van der Waals surface area contributed by atoms with Crippen molar-refractivity contribution in [1.82, 2.24) is 15.0 Å². The molecular formula is C13H26N4O. The number of nitrogens with one attached hydrogen (secondary N) is 2. The SMILES string of the molecule is CC.CC.CC.NCc1c[nH]c2c(=O)[nH]cnc12. The maximum Gasteiger partial charge on any atom is 0.275 e. The zero-order valence-electron chi connectivity index (χ0n) is 12.3. The van der Waals surface area contributed by atoms with E-state index < -0.39 is 0 Å². The Morgan fingerprint density at radius 2 is 1.67 bits per heavy atom. The van der Waals surface area contributed by atoms with Crippen LogP contribution in [0.25, 0.3) is 11.0 Å². The summed E-state index contributed by atoms with van der Waals surface area (Å²) in [5.41, 5.74) is 7.27. The molecular weight excluding hydrogens is 228 g/mol. The molecule has 104 valence electrons. The third-order valence-electron chi connectivity index (χ3n) is 1.77. The van der Waals surface area contributed by atoms with Gasteiger partial charge in [-0.25, -0.2) is 4.98 Å². The zero-order chi connectivity index (χ0) is 14.6. The molecule has 0 fully saturated rings. The molecule has 2 aromatic rings. The lowest BCUT2D eigenvalue weighted by molar-refractivity contribution is 1.07. The van der Waals surface area contributed by atoms with Crippen molar-refractivity contribution >= 4 is 11.0 Å². The molecule has 0 radical (unpaired) electrons. The van der Waals surface area contributed by atoms with Gasteiger partial charge in [-0.3, -0.25) is 4.79 Å². The topological polar surface area (TPSA) is 87.6 Å². The van der Waals surface area contributed by atoms with E-state index in [0.29, 0.717) is 17.6 Å². The molecule has 0 bridgehead atoms. The lowest BCUT2D eigenvalue weighted by atomic mass is 10.3. The quantitative estimate of drug-likeness (QED) is 0.731. The first-order valence-electron chi connectivity index (χ1n) is 6.56. The summed E-state index contributed by atoms with van der Waals surface area (Å²) >= 11 is 0. The van der Waals surface area contributed by atoms with E-state index in [1.165, 1.54) is 6.33 Å². The second-order valence-electron chi connectivity index (χ2n) is 2.47. The highest BCUT2D eigenvalue weighted by molar-refractivity contribution is 5.77. The Kier molecular flexibility index (Phi) is 12.3. The van der Waals surface area contributed by atoms with E-state index in [2.05, 4.69) is 15.0 Å². The second kappa shape index (κ2) is 11.9. The van der Waals surface area contributed by atoms with Crippen LogP contribution >= 0.6 is 0 Å². The fourth-order valence-electron chi connectivity index (χ4n) is 1.16. The molecule has 0 unspecified atom stereocenters. The molecule has 2 heterocycles. The third-order valence-corrected chi connectivity index (χ3v) is 1.77. The van der Waals surface area contributed by atoms with Crippen molar-refractivity contribution < 1.29 is 0 Å². The first-order valence-corrected chi connectivity index (χ1v) is 6.56. The molecule has 5 heteroatoms. The summed E-state index contributed by atoms with van der Waals surface area (Å²) in [5.74, 6) is 0. The number of hydrogen-bond donors (Lipinski definition) is 3. The molecule has 0 spiro atoms. The molecule has 4 N–H and O–H groups in total. The minimum absolute atomic E-state index is 0.167. The Morgan fingerprint density at radius 3 is 2.17 bits per heavy atom. The lowest BCUT2D eigenvalue weighted by Crippen LogP contribution is -2.06. The van der Waals surface area contributed by atoms with Crippen LogP contribution in [0.4, 0.5) is 0 Å². The van der Waals surface area contributed by atoms with Gasteiger partial charge in [-0.1, -0.05) is 41.5 Å². The summed E-state index contributed by atoms with van der Waals surface area (Å²) in [4.78, 5) is 20.4. The van der Waals surface area contributed by atoms with Gasteiger partial charge in [0, 0.05) is 18.3 Å². The Balaban J connectivity index is 0. The Hall–Kier alpha value is -1.62. The first kappa shape index (κ1) is 18.7. The van der Waals surface area contributed by atoms with Crippen LogP contribution in [0, 0.1) is 0 Å². The number of hydrogen-bond acceptors (Lipinski definition) is 3. The highest BCUT2D eigenvalue weighted by Gasteiger charge is 2.04. The van der Waals surface area contributed by atoms with E-state index in [9.17, 15) is 4.79 Å². The Morgan fingerprint density at radius 1 is 1.11 bits per heavy atom. The predicted molar refractivity (Wildman–Crippen MR) is 78.6 cm³/mol. The summed E-state index contributed by atoms with van der Waals surface area (Å²) in [6, 6.07) is 0. The maximum absolute atomic E-state index is 11.1. The van der Waals surface area contributed by atoms with Crippen molar-refractivity contribution in [2.24, 2.45) is 5.73 Å². The molecule has 0 saturated carbocycles. The summed E-state index contributed by atoms with van der Waals surface area (Å²) in [7, 11) is 0. The third kappa shape index (κ3) is 4.71. The summed E-state index contributed by atoms with van der Waals surface area (Å²) < 4.78 is 0. The molecule has 0 saturated heterocycles. The standard InChI is InChI=1S/C7H8N4O.3C2H6/c8-1-4-2-9-6-5(4)10-3-11-7(6)12;3*1-2/h2-3,9H,1,8H2,(H,10,11,12);3*1-2H3. The number of fused-ring (bicyclic) bond motifs is 1. The van der Waals surface area contributed by atoms with Crippen molar-refractivity contribution in [3.05, 3.63) is 28.4 Å². The predicted octanol–water partition coefficient (Wildman–Crippen LogP) is 2.79. The normalized spacial score (nSPS) is 8.17. The molecule has 18 heavy (non-hydrogen) atoms. The van der Waals surface area contributed by atoms with E-state index in [-0.39, 0.29) is 5.56 Å². The minimum atomic E-state index is -0.167. The monoisotopic (exact) mass is 254 g/mol. The summed E-state index contributed by atoms with van der Waals surface area (Å²) in [6.07, 6.45) is 3.07. The van der Waals surface area contributed by atoms with Gasteiger partial charge in [-0.15, -0.1) is 0 Å². The summed E-state index contributed by atoms with van der Waals surface area (Å²) in [5, 5.41) is 0. The second-order valence-corrected chi connectivity index (χ2v) is 2.47. The van der Waals surface area contributed by atoms with Crippen LogP contribution in [0.5, 0.6) is 0 Å². The average molecular weight is 254 g/mol.